The van der Waals surface area contributed by atoms with E-state index in [1.165, 1.54) is 0 Å². The summed E-state index contributed by atoms with van der Waals surface area (Å²) in [5, 5.41) is 3.08. The molecule has 1 aliphatic carbocycles. The molecule has 1 saturated carbocycles. The molecule has 1 N–H and O–H groups in total. The van der Waals surface area contributed by atoms with E-state index in [-0.39, 0.29) is 35.7 Å². The number of amides is 3. The van der Waals surface area contributed by atoms with Crippen LogP contribution in [0, 0.1) is 17.3 Å². The number of likely N-dealkylation sites (tertiary alicyclic amines) is 2. The van der Waals surface area contributed by atoms with Crippen LogP contribution >= 0.6 is 0 Å². The molecule has 164 valence electrons. The monoisotopic (exact) mass is 424 g/mol. The zero-order chi connectivity index (χ0) is 21.6. The number of carbonyl (C=O) groups is 3. The normalized spacial score (nSPS) is 26.2. The Morgan fingerprint density at radius 3 is 2.87 bits per heavy atom. The highest BCUT2D eigenvalue weighted by Gasteiger charge is 2.55. The average Bonchev–Trinajstić information content (AvgIpc) is 3.35. The van der Waals surface area contributed by atoms with Crippen LogP contribution in [0.4, 0.5) is 0 Å². The highest BCUT2D eigenvalue weighted by atomic mass is 16.5. The standard InChI is InChI=1S/C23H28N4O4/c1-26-13-16(9-20(26)28)22(30)27-6-3-23(4-7-27)10-18(23)11-25-21(29)17-8-15-2-5-24-12-19(15)31-14-17/h2,5,8,12,16,18H,3-4,6-7,9-11,13-14H2,1H3,(H,25,29). The van der Waals surface area contributed by atoms with Crippen LogP contribution in [0.25, 0.3) is 6.08 Å². The molecule has 1 spiro atoms. The van der Waals surface area contributed by atoms with Crippen LogP contribution in [-0.2, 0) is 14.4 Å². The molecule has 1 aromatic rings. The van der Waals surface area contributed by atoms with Gasteiger partial charge in [-0.2, -0.15) is 0 Å². The van der Waals surface area contributed by atoms with Crippen molar-refractivity contribution in [3.8, 4) is 5.75 Å². The van der Waals surface area contributed by atoms with Gasteiger partial charge < -0.3 is 19.9 Å². The highest BCUT2D eigenvalue weighted by Crippen LogP contribution is 2.59. The Kier molecular flexibility index (Phi) is 4.95. The first-order valence-electron chi connectivity index (χ1n) is 11.0. The second-order valence-corrected chi connectivity index (χ2v) is 9.35. The van der Waals surface area contributed by atoms with Crippen LogP contribution in [0.2, 0.25) is 0 Å². The summed E-state index contributed by atoms with van der Waals surface area (Å²) in [6.45, 7) is 2.96. The van der Waals surface area contributed by atoms with Gasteiger partial charge >= 0.3 is 0 Å². The lowest BCUT2D eigenvalue weighted by atomic mass is 9.90. The number of carbonyl (C=O) groups excluding carboxylic acids is 3. The predicted molar refractivity (Wildman–Crippen MR) is 113 cm³/mol. The van der Waals surface area contributed by atoms with E-state index >= 15 is 0 Å². The summed E-state index contributed by atoms with van der Waals surface area (Å²) in [4.78, 5) is 44.7. The van der Waals surface area contributed by atoms with E-state index in [0.29, 0.717) is 36.8 Å². The molecule has 5 rings (SSSR count). The fraction of sp³-hybridized carbons (Fsp3) is 0.565. The Hall–Kier alpha value is -2.90. The highest BCUT2D eigenvalue weighted by molar-refractivity contribution is 5.99. The number of aromatic nitrogens is 1. The molecule has 0 bridgehead atoms. The average molecular weight is 425 g/mol. The number of ether oxygens (including phenoxy) is 1. The van der Waals surface area contributed by atoms with Gasteiger partial charge in [0.1, 0.15) is 12.4 Å². The van der Waals surface area contributed by atoms with Crippen molar-refractivity contribution < 1.29 is 19.1 Å². The Balaban J connectivity index is 1.10. The van der Waals surface area contributed by atoms with Crippen molar-refractivity contribution in [1.29, 1.82) is 0 Å². The van der Waals surface area contributed by atoms with Crippen LogP contribution in [0.15, 0.2) is 24.0 Å². The van der Waals surface area contributed by atoms with E-state index in [9.17, 15) is 14.4 Å². The molecular weight excluding hydrogens is 396 g/mol. The predicted octanol–water partition coefficient (Wildman–Crippen LogP) is 1.08. The van der Waals surface area contributed by atoms with Gasteiger partial charge in [0.25, 0.3) is 5.91 Å². The molecule has 2 unspecified atom stereocenters. The number of piperidine rings is 1. The van der Waals surface area contributed by atoms with Crippen molar-refractivity contribution >= 4 is 23.8 Å². The molecule has 1 aromatic heterocycles. The quantitative estimate of drug-likeness (QED) is 0.781. The number of nitrogens with one attached hydrogen (secondary N) is 1. The minimum Gasteiger partial charge on any atom is -0.486 e. The maximum absolute atomic E-state index is 12.8. The van der Waals surface area contributed by atoms with E-state index in [4.69, 9.17) is 4.74 Å². The lowest BCUT2D eigenvalue weighted by Crippen LogP contribution is -2.43. The number of fused-ring (bicyclic) bond motifs is 1. The zero-order valence-corrected chi connectivity index (χ0v) is 17.8. The van der Waals surface area contributed by atoms with Gasteiger partial charge in [-0.3, -0.25) is 19.4 Å². The Bertz CT molecular complexity index is 951. The first-order chi connectivity index (χ1) is 14.9. The van der Waals surface area contributed by atoms with Gasteiger partial charge in [0.15, 0.2) is 0 Å². The molecule has 8 nitrogen and oxygen atoms in total. The fourth-order valence-electron chi connectivity index (χ4n) is 5.27. The van der Waals surface area contributed by atoms with Gasteiger partial charge in [-0.05, 0) is 42.7 Å². The lowest BCUT2D eigenvalue weighted by molar-refractivity contribution is -0.137. The van der Waals surface area contributed by atoms with Crippen LogP contribution < -0.4 is 10.1 Å². The smallest absolute Gasteiger partial charge is 0.250 e. The summed E-state index contributed by atoms with van der Waals surface area (Å²) in [6.07, 6.45) is 8.61. The molecule has 31 heavy (non-hydrogen) atoms. The van der Waals surface area contributed by atoms with E-state index in [1.807, 2.05) is 17.0 Å². The largest absolute Gasteiger partial charge is 0.486 e. The minimum absolute atomic E-state index is 0.0588. The van der Waals surface area contributed by atoms with Gasteiger partial charge in [0, 0.05) is 51.4 Å². The molecule has 0 radical (unpaired) electrons. The van der Waals surface area contributed by atoms with Gasteiger partial charge in [-0.1, -0.05) is 0 Å². The van der Waals surface area contributed by atoms with E-state index in [1.54, 1.807) is 24.3 Å². The number of nitrogens with zero attached hydrogens (tertiary/aromatic N) is 3. The molecule has 4 aliphatic rings. The van der Waals surface area contributed by atoms with E-state index < -0.39 is 0 Å². The first kappa shape index (κ1) is 20.0. The fourth-order valence-corrected chi connectivity index (χ4v) is 5.27. The summed E-state index contributed by atoms with van der Waals surface area (Å²) in [5.74, 6) is 1.09. The molecule has 3 amide bonds. The van der Waals surface area contributed by atoms with Crippen LogP contribution in [0.5, 0.6) is 5.75 Å². The molecule has 0 aromatic carbocycles. The maximum Gasteiger partial charge on any atom is 0.250 e. The summed E-state index contributed by atoms with van der Waals surface area (Å²) in [7, 11) is 1.76. The third kappa shape index (κ3) is 3.79. The topological polar surface area (TPSA) is 91.8 Å². The Labute approximate surface area is 181 Å². The van der Waals surface area contributed by atoms with Crippen molar-refractivity contribution in [3.05, 3.63) is 29.6 Å². The van der Waals surface area contributed by atoms with Crippen molar-refractivity contribution in [3.63, 3.8) is 0 Å². The van der Waals surface area contributed by atoms with E-state index in [0.717, 1.165) is 37.9 Å². The number of hydrogen-bond acceptors (Lipinski definition) is 5. The second kappa shape index (κ2) is 7.66. The molecule has 3 fully saturated rings. The van der Waals surface area contributed by atoms with Crippen molar-refractivity contribution in [1.82, 2.24) is 20.1 Å². The van der Waals surface area contributed by atoms with Crippen molar-refractivity contribution in [2.45, 2.75) is 25.7 Å². The molecule has 3 aliphatic heterocycles. The summed E-state index contributed by atoms with van der Waals surface area (Å²) in [6, 6.07) is 1.84. The number of hydrogen-bond donors (Lipinski definition) is 1. The molecular formula is C23H28N4O4. The minimum atomic E-state index is -0.187. The van der Waals surface area contributed by atoms with Gasteiger partial charge in [-0.25, -0.2) is 0 Å². The molecule has 2 atom stereocenters. The van der Waals surface area contributed by atoms with Crippen LogP contribution in [0.1, 0.15) is 31.2 Å². The lowest BCUT2D eigenvalue weighted by Gasteiger charge is -2.34. The third-order valence-electron chi connectivity index (χ3n) is 7.45. The molecule has 8 heteroatoms. The van der Waals surface area contributed by atoms with Crippen LogP contribution in [0.3, 0.4) is 0 Å². The van der Waals surface area contributed by atoms with Gasteiger partial charge in [-0.15, -0.1) is 0 Å². The van der Waals surface area contributed by atoms with Gasteiger partial charge in [0.2, 0.25) is 11.8 Å². The molecule has 2 saturated heterocycles. The van der Waals surface area contributed by atoms with Crippen molar-refractivity contribution in [2.75, 3.05) is 39.8 Å². The maximum atomic E-state index is 12.8. The van der Waals surface area contributed by atoms with E-state index in [2.05, 4.69) is 10.3 Å². The summed E-state index contributed by atoms with van der Waals surface area (Å²) in [5.41, 5.74) is 1.76. The first-order valence-corrected chi connectivity index (χ1v) is 11.0. The summed E-state index contributed by atoms with van der Waals surface area (Å²) >= 11 is 0. The third-order valence-corrected chi connectivity index (χ3v) is 7.45. The Morgan fingerprint density at radius 1 is 1.32 bits per heavy atom. The second-order valence-electron chi connectivity index (χ2n) is 9.35. The SMILES string of the molecule is CN1CC(C(=O)N2CCC3(CC2)CC3CNC(=O)C2=Cc3ccncc3OC2)CC1=O. The molecule has 4 heterocycles. The zero-order valence-electron chi connectivity index (χ0n) is 17.8. The number of pyridine rings is 1. The summed E-state index contributed by atoms with van der Waals surface area (Å²) < 4.78 is 5.63. The van der Waals surface area contributed by atoms with Crippen molar-refractivity contribution in [2.24, 2.45) is 17.3 Å². The van der Waals surface area contributed by atoms with Gasteiger partial charge in [0.05, 0.1) is 17.7 Å². The Morgan fingerprint density at radius 2 is 2.13 bits per heavy atom. The van der Waals surface area contributed by atoms with Crippen LogP contribution in [-0.4, -0.2) is 72.3 Å². The number of rotatable bonds is 4.